The molecule has 19 heavy (non-hydrogen) atoms. The summed E-state index contributed by atoms with van der Waals surface area (Å²) in [6.07, 6.45) is 2.58. The summed E-state index contributed by atoms with van der Waals surface area (Å²) in [6.45, 7) is 0.324. The molecule has 0 unspecified atom stereocenters. The molecule has 0 atom stereocenters. The molecule has 5 heteroatoms. The molecule has 1 amide bonds. The molecule has 0 spiro atoms. The average Bonchev–Trinajstić information content (AvgIpc) is 2.76. The van der Waals surface area contributed by atoms with E-state index in [2.05, 4.69) is 26.2 Å². The summed E-state index contributed by atoms with van der Waals surface area (Å²) in [5.41, 5.74) is 0.753. The normalized spacial score (nSPS) is 17.2. The molecule has 100 valence electrons. The van der Waals surface area contributed by atoms with Crippen molar-refractivity contribution in [2.75, 3.05) is 6.54 Å². The first-order valence-corrected chi connectivity index (χ1v) is 7.14. The van der Waals surface area contributed by atoms with Crippen molar-refractivity contribution in [2.45, 2.75) is 24.9 Å². The molecular weight excluding hydrogens is 308 g/mol. The maximum Gasteiger partial charge on any atom is 0.267 e. The maximum absolute atomic E-state index is 12.0. The predicted octanol–water partition coefficient (Wildman–Crippen LogP) is 2.58. The Hall–Kier alpha value is -1.33. The molecule has 1 heterocycles. The first kappa shape index (κ1) is 12.7. The lowest BCUT2D eigenvalue weighted by molar-refractivity contribution is -0.0300. The Morgan fingerprint density at radius 2 is 2.21 bits per heavy atom. The minimum atomic E-state index is -0.690. The number of hydrogen-bond acceptors (Lipinski definition) is 2. The third-order valence-corrected chi connectivity index (χ3v) is 4.18. The third kappa shape index (κ3) is 2.53. The molecule has 1 fully saturated rings. The number of rotatable bonds is 3. The highest BCUT2D eigenvalue weighted by atomic mass is 79.9. The number of H-pyrrole nitrogens is 1. The van der Waals surface area contributed by atoms with Crippen molar-refractivity contribution in [1.82, 2.24) is 10.3 Å². The van der Waals surface area contributed by atoms with Crippen molar-refractivity contribution in [3.63, 3.8) is 0 Å². The molecule has 2 aromatic rings. The quantitative estimate of drug-likeness (QED) is 0.813. The molecule has 0 radical (unpaired) electrons. The van der Waals surface area contributed by atoms with Crippen LogP contribution in [0.2, 0.25) is 0 Å². The van der Waals surface area contributed by atoms with Gasteiger partial charge in [0.15, 0.2) is 0 Å². The van der Waals surface area contributed by atoms with E-state index >= 15 is 0 Å². The summed E-state index contributed by atoms with van der Waals surface area (Å²) in [4.78, 5) is 15.1. The van der Waals surface area contributed by atoms with E-state index in [0.717, 1.165) is 34.6 Å². The van der Waals surface area contributed by atoms with E-state index in [1.54, 1.807) is 0 Å². The molecule has 1 saturated carbocycles. The Labute approximate surface area is 119 Å². The second kappa shape index (κ2) is 4.65. The Morgan fingerprint density at radius 3 is 2.89 bits per heavy atom. The van der Waals surface area contributed by atoms with Crippen LogP contribution in [0.3, 0.4) is 0 Å². The SMILES string of the molecule is O=C(NCC1(O)CCC1)c1cc2ccc(Br)cc2[nH]1. The van der Waals surface area contributed by atoms with Gasteiger partial charge in [0.2, 0.25) is 0 Å². The number of aliphatic hydroxyl groups is 1. The van der Waals surface area contributed by atoms with Crippen LogP contribution in [0.5, 0.6) is 0 Å². The smallest absolute Gasteiger partial charge is 0.267 e. The molecule has 0 bridgehead atoms. The highest BCUT2D eigenvalue weighted by Crippen LogP contribution is 2.30. The lowest BCUT2D eigenvalue weighted by Crippen LogP contribution is -2.47. The van der Waals surface area contributed by atoms with Crippen molar-refractivity contribution in [3.05, 3.63) is 34.4 Å². The molecule has 0 saturated heterocycles. The molecule has 0 aliphatic heterocycles. The van der Waals surface area contributed by atoms with Gasteiger partial charge in [0, 0.05) is 21.9 Å². The zero-order valence-corrected chi connectivity index (χ0v) is 12.0. The molecule has 1 aromatic heterocycles. The van der Waals surface area contributed by atoms with Gasteiger partial charge in [0.1, 0.15) is 5.69 Å². The monoisotopic (exact) mass is 322 g/mol. The zero-order valence-electron chi connectivity index (χ0n) is 10.4. The van der Waals surface area contributed by atoms with Crippen LogP contribution in [0.15, 0.2) is 28.7 Å². The minimum Gasteiger partial charge on any atom is -0.388 e. The lowest BCUT2D eigenvalue weighted by atomic mass is 9.80. The standard InChI is InChI=1S/C14H15BrN2O2/c15-10-3-2-9-6-12(17-11(9)7-10)13(18)16-8-14(19)4-1-5-14/h2-3,6-7,17,19H,1,4-5,8H2,(H,16,18). The Morgan fingerprint density at radius 1 is 1.42 bits per heavy atom. The molecule has 1 aliphatic carbocycles. The number of halogens is 1. The summed E-state index contributed by atoms with van der Waals surface area (Å²) in [6, 6.07) is 7.65. The van der Waals surface area contributed by atoms with Crippen LogP contribution in [0.1, 0.15) is 29.8 Å². The third-order valence-electron chi connectivity index (χ3n) is 3.69. The average molecular weight is 323 g/mol. The predicted molar refractivity (Wildman–Crippen MR) is 77.1 cm³/mol. The van der Waals surface area contributed by atoms with E-state index in [-0.39, 0.29) is 5.91 Å². The number of hydrogen-bond donors (Lipinski definition) is 3. The van der Waals surface area contributed by atoms with Gasteiger partial charge in [-0.3, -0.25) is 4.79 Å². The van der Waals surface area contributed by atoms with E-state index < -0.39 is 5.60 Å². The summed E-state index contributed by atoms with van der Waals surface area (Å²) in [5, 5.41) is 13.7. The second-order valence-corrected chi connectivity index (χ2v) is 6.09. The minimum absolute atomic E-state index is 0.173. The molecular formula is C14H15BrN2O2. The van der Waals surface area contributed by atoms with Crippen LogP contribution in [0.4, 0.5) is 0 Å². The molecule has 3 N–H and O–H groups in total. The van der Waals surface area contributed by atoms with E-state index in [0.29, 0.717) is 12.2 Å². The number of benzene rings is 1. The summed E-state index contributed by atoms with van der Waals surface area (Å²) in [7, 11) is 0. The van der Waals surface area contributed by atoms with Crippen LogP contribution in [-0.4, -0.2) is 28.1 Å². The summed E-state index contributed by atoms with van der Waals surface area (Å²) < 4.78 is 0.970. The fourth-order valence-corrected chi connectivity index (χ4v) is 2.68. The number of aromatic nitrogens is 1. The first-order chi connectivity index (χ1) is 9.06. The first-order valence-electron chi connectivity index (χ1n) is 6.35. The van der Waals surface area contributed by atoms with Crippen molar-refractivity contribution < 1.29 is 9.90 Å². The fourth-order valence-electron chi connectivity index (χ4n) is 2.32. The molecule has 3 rings (SSSR count). The van der Waals surface area contributed by atoms with E-state index in [9.17, 15) is 9.90 Å². The van der Waals surface area contributed by atoms with Crippen LogP contribution < -0.4 is 5.32 Å². The number of fused-ring (bicyclic) bond motifs is 1. The van der Waals surface area contributed by atoms with Crippen molar-refractivity contribution in [3.8, 4) is 0 Å². The summed E-state index contributed by atoms with van der Waals surface area (Å²) >= 11 is 3.40. The van der Waals surface area contributed by atoms with Gasteiger partial charge in [-0.2, -0.15) is 0 Å². The van der Waals surface area contributed by atoms with Gasteiger partial charge < -0.3 is 15.4 Å². The Bertz CT molecular complexity index is 631. The number of carbonyl (C=O) groups excluding carboxylic acids is 1. The van der Waals surface area contributed by atoms with Crippen LogP contribution in [-0.2, 0) is 0 Å². The van der Waals surface area contributed by atoms with Crippen LogP contribution in [0.25, 0.3) is 10.9 Å². The van der Waals surface area contributed by atoms with E-state index in [4.69, 9.17) is 0 Å². The fraction of sp³-hybridized carbons (Fsp3) is 0.357. The number of nitrogens with one attached hydrogen (secondary N) is 2. The van der Waals surface area contributed by atoms with Gasteiger partial charge in [0.05, 0.1) is 5.60 Å². The topological polar surface area (TPSA) is 65.1 Å². The van der Waals surface area contributed by atoms with Crippen LogP contribution >= 0.6 is 15.9 Å². The maximum atomic E-state index is 12.0. The highest BCUT2D eigenvalue weighted by molar-refractivity contribution is 9.10. The second-order valence-electron chi connectivity index (χ2n) is 5.18. The van der Waals surface area contributed by atoms with Gasteiger partial charge in [-0.25, -0.2) is 0 Å². The lowest BCUT2D eigenvalue weighted by Gasteiger charge is -2.36. The Balaban J connectivity index is 1.74. The van der Waals surface area contributed by atoms with Gasteiger partial charge >= 0.3 is 0 Å². The number of carbonyl (C=O) groups is 1. The number of aromatic amines is 1. The largest absolute Gasteiger partial charge is 0.388 e. The summed E-state index contributed by atoms with van der Waals surface area (Å²) in [5.74, 6) is -0.173. The molecule has 4 nitrogen and oxygen atoms in total. The highest BCUT2D eigenvalue weighted by Gasteiger charge is 2.34. The Kier molecular flexibility index (Phi) is 3.11. The van der Waals surface area contributed by atoms with Crippen molar-refractivity contribution >= 4 is 32.7 Å². The van der Waals surface area contributed by atoms with Crippen LogP contribution in [0, 0.1) is 0 Å². The van der Waals surface area contributed by atoms with E-state index in [1.165, 1.54) is 0 Å². The molecule has 1 aromatic carbocycles. The van der Waals surface area contributed by atoms with Crippen molar-refractivity contribution in [2.24, 2.45) is 0 Å². The van der Waals surface area contributed by atoms with E-state index in [1.807, 2.05) is 24.3 Å². The zero-order chi connectivity index (χ0) is 13.5. The van der Waals surface area contributed by atoms with Gasteiger partial charge in [-0.05, 0) is 37.5 Å². The van der Waals surface area contributed by atoms with Gasteiger partial charge in [0.25, 0.3) is 5.91 Å². The van der Waals surface area contributed by atoms with Crippen molar-refractivity contribution in [1.29, 1.82) is 0 Å². The van der Waals surface area contributed by atoms with Gasteiger partial charge in [-0.1, -0.05) is 22.0 Å². The number of amides is 1. The molecule has 1 aliphatic rings. The van der Waals surface area contributed by atoms with Gasteiger partial charge in [-0.15, -0.1) is 0 Å².